The van der Waals surface area contributed by atoms with Crippen molar-refractivity contribution in [2.45, 2.75) is 81.6 Å². The Bertz CT molecular complexity index is 717. The first-order valence-electron chi connectivity index (χ1n) is 10.5. The molecule has 1 heterocycles. The lowest BCUT2D eigenvalue weighted by molar-refractivity contribution is 0.0930. The van der Waals surface area contributed by atoms with E-state index >= 15 is 0 Å². The van der Waals surface area contributed by atoms with Crippen LogP contribution in [0.2, 0.25) is 0 Å². The van der Waals surface area contributed by atoms with E-state index in [9.17, 15) is 13.2 Å². The molecule has 0 unspecified atom stereocenters. The Labute approximate surface area is 163 Å². The number of amides is 1. The molecule has 0 radical (unpaired) electrons. The predicted molar refractivity (Wildman–Crippen MR) is 107 cm³/mol. The summed E-state index contributed by atoms with van der Waals surface area (Å²) in [6.45, 7) is 1.14. The van der Waals surface area contributed by atoms with Crippen molar-refractivity contribution >= 4 is 15.9 Å². The van der Waals surface area contributed by atoms with E-state index in [4.69, 9.17) is 0 Å². The third kappa shape index (κ3) is 5.55. The van der Waals surface area contributed by atoms with Crippen molar-refractivity contribution in [1.82, 2.24) is 9.62 Å². The van der Waals surface area contributed by atoms with Gasteiger partial charge >= 0.3 is 0 Å². The lowest BCUT2D eigenvalue weighted by Gasteiger charge is -2.22. The van der Waals surface area contributed by atoms with Crippen LogP contribution in [0.4, 0.5) is 0 Å². The van der Waals surface area contributed by atoms with E-state index in [2.05, 4.69) is 5.32 Å². The Kier molecular flexibility index (Phi) is 7.30. The number of nitrogens with one attached hydrogen (secondary N) is 1. The van der Waals surface area contributed by atoms with Crippen LogP contribution in [0.1, 0.15) is 81.0 Å². The first-order chi connectivity index (χ1) is 13.1. The standard InChI is InChI=1S/C21H32N2O3S/c24-21(22-19-12-6-2-1-3-7-13-19)18-11-10-14-20(17-18)27(25,26)23-15-8-4-5-9-16-23/h10-11,14,17,19H,1-9,12-13,15-16H2,(H,22,24). The molecule has 0 atom stereocenters. The summed E-state index contributed by atoms with van der Waals surface area (Å²) in [5.74, 6) is -0.159. The van der Waals surface area contributed by atoms with Crippen molar-refractivity contribution in [2.24, 2.45) is 0 Å². The van der Waals surface area contributed by atoms with Gasteiger partial charge in [-0.05, 0) is 43.9 Å². The highest BCUT2D eigenvalue weighted by Crippen LogP contribution is 2.22. The van der Waals surface area contributed by atoms with Crippen LogP contribution in [-0.2, 0) is 10.0 Å². The fourth-order valence-corrected chi connectivity index (χ4v) is 5.66. The second kappa shape index (κ2) is 9.69. The van der Waals surface area contributed by atoms with Crippen molar-refractivity contribution < 1.29 is 13.2 Å². The minimum Gasteiger partial charge on any atom is -0.349 e. The molecule has 0 spiro atoms. The van der Waals surface area contributed by atoms with Gasteiger partial charge in [0, 0.05) is 24.7 Å². The van der Waals surface area contributed by atoms with Crippen molar-refractivity contribution in [3.05, 3.63) is 29.8 Å². The van der Waals surface area contributed by atoms with Gasteiger partial charge in [-0.25, -0.2) is 8.42 Å². The largest absolute Gasteiger partial charge is 0.349 e. The summed E-state index contributed by atoms with van der Waals surface area (Å²) < 4.78 is 27.5. The van der Waals surface area contributed by atoms with Gasteiger partial charge < -0.3 is 5.32 Å². The molecule has 5 nitrogen and oxygen atoms in total. The van der Waals surface area contributed by atoms with E-state index in [1.54, 1.807) is 28.6 Å². The zero-order valence-electron chi connectivity index (χ0n) is 16.2. The number of nitrogens with zero attached hydrogens (tertiary/aromatic N) is 1. The van der Waals surface area contributed by atoms with Crippen LogP contribution in [0, 0.1) is 0 Å². The quantitative estimate of drug-likeness (QED) is 0.839. The molecule has 0 aromatic heterocycles. The Balaban J connectivity index is 1.71. The highest BCUT2D eigenvalue weighted by atomic mass is 32.2. The summed E-state index contributed by atoms with van der Waals surface area (Å²) in [5.41, 5.74) is 0.438. The number of hydrogen-bond donors (Lipinski definition) is 1. The number of carbonyl (C=O) groups is 1. The monoisotopic (exact) mass is 392 g/mol. The van der Waals surface area contributed by atoms with Crippen molar-refractivity contribution in [3.8, 4) is 0 Å². The van der Waals surface area contributed by atoms with Gasteiger partial charge in [0.2, 0.25) is 10.0 Å². The fraction of sp³-hybridized carbons (Fsp3) is 0.667. The molecule has 27 heavy (non-hydrogen) atoms. The normalized spacial score (nSPS) is 21.0. The van der Waals surface area contributed by atoms with Crippen LogP contribution in [0.15, 0.2) is 29.2 Å². The van der Waals surface area contributed by atoms with Gasteiger partial charge in [-0.15, -0.1) is 0 Å². The minimum absolute atomic E-state index is 0.159. The van der Waals surface area contributed by atoms with Gasteiger partial charge in [0.25, 0.3) is 5.91 Å². The molecular weight excluding hydrogens is 360 g/mol. The van der Waals surface area contributed by atoms with E-state index in [0.29, 0.717) is 18.7 Å². The molecule has 2 fully saturated rings. The SMILES string of the molecule is O=C(NC1CCCCCCC1)c1cccc(S(=O)(=O)N2CCCCCC2)c1. The lowest BCUT2D eigenvalue weighted by atomic mass is 9.96. The van der Waals surface area contributed by atoms with Gasteiger partial charge in [0.1, 0.15) is 0 Å². The predicted octanol–water partition coefficient (Wildman–Crippen LogP) is 4.09. The summed E-state index contributed by atoms with van der Waals surface area (Å²) in [5, 5.41) is 3.12. The highest BCUT2D eigenvalue weighted by Gasteiger charge is 2.26. The van der Waals surface area contributed by atoms with Gasteiger partial charge in [-0.2, -0.15) is 4.31 Å². The third-order valence-electron chi connectivity index (χ3n) is 5.74. The van der Waals surface area contributed by atoms with Crippen LogP contribution >= 0.6 is 0 Å². The number of hydrogen-bond acceptors (Lipinski definition) is 3. The highest BCUT2D eigenvalue weighted by molar-refractivity contribution is 7.89. The Hall–Kier alpha value is -1.40. The van der Waals surface area contributed by atoms with Crippen molar-refractivity contribution in [3.63, 3.8) is 0 Å². The molecular formula is C21H32N2O3S. The van der Waals surface area contributed by atoms with Gasteiger partial charge in [-0.1, -0.05) is 51.0 Å². The Morgan fingerprint density at radius 1 is 0.889 bits per heavy atom. The maximum Gasteiger partial charge on any atom is 0.251 e. The summed E-state index contributed by atoms with van der Waals surface area (Å²) in [6, 6.07) is 6.73. The average molecular weight is 393 g/mol. The van der Waals surface area contributed by atoms with Crippen molar-refractivity contribution in [1.29, 1.82) is 0 Å². The average Bonchev–Trinajstić information content (AvgIpc) is 2.94. The molecule has 1 saturated carbocycles. The van der Waals surface area contributed by atoms with Crippen LogP contribution in [-0.4, -0.2) is 37.8 Å². The number of carbonyl (C=O) groups excluding carboxylic acids is 1. The van der Waals surface area contributed by atoms with E-state index < -0.39 is 10.0 Å². The zero-order chi connectivity index (χ0) is 19.1. The summed E-state index contributed by atoms with van der Waals surface area (Å²) >= 11 is 0. The lowest BCUT2D eigenvalue weighted by Crippen LogP contribution is -2.35. The second-order valence-corrected chi connectivity index (χ2v) is 9.80. The Morgan fingerprint density at radius 2 is 1.48 bits per heavy atom. The topological polar surface area (TPSA) is 66.5 Å². The Morgan fingerprint density at radius 3 is 2.15 bits per heavy atom. The minimum atomic E-state index is -3.53. The van der Waals surface area contributed by atoms with E-state index in [1.165, 1.54) is 19.3 Å². The molecule has 1 aromatic carbocycles. The van der Waals surface area contributed by atoms with Gasteiger partial charge in [0.05, 0.1) is 4.90 Å². The molecule has 1 aromatic rings. The van der Waals surface area contributed by atoms with Crippen LogP contribution in [0.5, 0.6) is 0 Å². The fourth-order valence-electron chi connectivity index (χ4n) is 4.10. The first kappa shape index (κ1) is 20.3. The maximum atomic E-state index is 13.0. The zero-order valence-corrected chi connectivity index (χ0v) is 17.0. The number of rotatable bonds is 4. The van der Waals surface area contributed by atoms with Crippen LogP contribution in [0.25, 0.3) is 0 Å². The molecule has 3 rings (SSSR count). The van der Waals surface area contributed by atoms with Gasteiger partial charge in [-0.3, -0.25) is 4.79 Å². The third-order valence-corrected chi connectivity index (χ3v) is 7.63. The van der Waals surface area contributed by atoms with Crippen LogP contribution < -0.4 is 5.32 Å². The molecule has 1 N–H and O–H groups in total. The molecule has 1 amide bonds. The smallest absolute Gasteiger partial charge is 0.251 e. The number of benzene rings is 1. The summed E-state index contributed by atoms with van der Waals surface area (Å²) in [4.78, 5) is 12.9. The molecule has 1 saturated heterocycles. The van der Waals surface area contributed by atoms with E-state index in [0.717, 1.165) is 51.4 Å². The molecule has 0 bridgehead atoms. The van der Waals surface area contributed by atoms with Gasteiger partial charge in [0.15, 0.2) is 0 Å². The summed E-state index contributed by atoms with van der Waals surface area (Å²) in [6.07, 6.45) is 12.0. The van der Waals surface area contributed by atoms with Crippen LogP contribution in [0.3, 0.4) is 0 Å². The molecule has 150 valence electrons. The van der Waals surface area contributed by atoms with Crippen molar-refractivity contribution in [2.75, 3.05) is 13.1 Å². The van der Waals surface area contributed by atoms with E-state index in [1.807, 2.05) is 0 Å². The number of sulfonamides is 1. The van der Waals surface area contributed by atoms with E-state index in [-0.39, 0.29) is 16.8 Å². The molecule has 1 aliphatic heterocycles. The first-order valence-corrected chi connectivity index (χ1v) is 11.9. The molecule has 1 aliphatic carbocycles. The molecule has 2 aliphatic rings. The second-order valence-electron chi connectivity index (χ2n) is 7.86. The summed E-state index contributed by atoms with van der Waals surface area (Å²) in [7, 11) is -3.53. The maximum absolute atomic E-state index is 13.0. The molecule has 6 heteroatoms.